The first-order chi connectivity index (χ1) is 20.9. The minimum atomic E-state index is -1.23. The Balaban J connectivity index is 1.26. The lowest BCUT2D eigenvalue weighted by Crippen LogP contribution is -2.21. The molecule has 0 fully saturated rings. The number of aromatic amines is 2. The summed E-state index contributed by atoms with van der Waals surface area (Å²) in [7, 11) is 0. The number of nitrogens with zero attached hydrogens (tertiary/aromatic N) is 2. The SMILES string of the molecule is CCC(C(=N)C(=O)O)c1ncc(-c2ccc(-c3ccc4ccc(-c5ccc6nc([C@H](C=N)CC)[nH]c6c5)cc4c3)cc2)[nH]1. The summed E-state index contributed by atoms with van der Waals surface area (Å²) in [4.78, 5) is 27.0. The zero-order valence-electron chi connectivity index (χ0n) is 24.0. The molecule has 6 aromatic rings. The number of H-pyrrole nitrogens is 2. The lowest BCUT2D eigenvalue weighted by atomic mass is 9.97. The smallest absolute Gasteiger partial charge is 0.350 e. The second kappa shape index (κ2) is 11.5. The number of rotatable bonds is 10. The molecule has 0 aliphatic carbocycles. The van der Waals surface area contributed by atoms with E-state index in [4.69, 9.17) is 15.8 Å². The molecule has 5 N–H and O–H groups in total. The highest BCUT2D eigenvalue weighted by atomic mass is 16.4. The lowest BCUT2D eigenvalue weighted by molar-refractivity contribution is -0.129. The number of imidazole rings is 2. The maximum absolute atomic E-state index is 11.3. The molecule has 0 aliphatic rings. The molecular weight excluding hydrogens is 536 g/mol. The van der Waals surface area contributed by atoms with Gasteiger partial charge in [-0.1, -0.05) is 68.4 Å². The van der Waals surface area contributed by atoms with E-state index in [1.54, 1.807) is 6.20 Å². The van der Waals surface area contributed by atoms with E-state index in [1.807, 2.05) is 25.1 Å². The van der Waals surface area contributed by atoms with Crippen LogP contribution in [0.15, 0.2) is 85.1 Å². The fourth-order valence-electron chi connectivity index (χ4n) is 5.57. The number of nitrogens with one attached hydrogen (secondary N) is 4. The van der Waals surface area contributed by atoms with Crippen LogP contribution in [0.4, 0.5) is 0 Å². The van der Waals surface area contributed by atoms with Crippen LogP contribution in [0.5, 0.6) is 0 Å². The summed E-state index contributed by atoms with van der Waals surface area (Å²) in [6, 6.07) is 27.4. The molecule has 0 radical (unpaired) electrons. The van der Waals surface area contributed by atoms with Gasteiger partial charge in [-0.25, -0.2) is 14.8 Å². The van der Waals surface area contributed by atoms with Crippen LogP contribution >= 0.6 is 0 Å². The predicted octanol–water partition coefficient (Wildman–Crippen LogP) is 8.18. The van der Waals surface area contributed by atoms with Gasteiger partial charge in [0.2, 0.25) is 0 Å². The van der Waals surface area contributed by atoms with Crippen LogP contribution in [0.3, 0.4) is 0 Å². The molecule has 0 bridgehead atoms. The van der Waals surface area contributed by atoms with E-state index in [-0.39, 0.29) is 11.6 Å². The first-order valence-corrected chi connectivity index (χ1v) is 14.4. The number of hydrogen-bond donors (Lipinski definition) is 5. The van der Waals surface area contributed by atoms with Gasteiger partial charge in [0.25, 0.3) is 0 Å². The largest absolute Gasteiger partial charge is 0.477 e. The van der Waals surface area contributed by atoms with Gasteiger partial charge < -0.3 is 20.5 Å². The number of carboxylic acid groups (broad SMARTS) is 1. The van der Waals surface area contributed by atoms with Crippen molar-refractivity contribution in [2.75, 3.05) is 0 Å². The second-order valence-electron chi connectivity index (χ2n) is 10.8. The monoisotopic (exact) mass is 568 g/mol. The molecule has 1 unspecified atom stereocenters. The summed E-state index contributed by atoms with van der Waals surface area (Å²) in [5.74, 6) is -0.491. The maximum Gasteiger partial charge on any atom is 0.350 e. The Morgan fingerprint density at radius 1 is 0.814 bits per heavy atom. The zero-order valence-corrected chi connectivity index (χ0v) is 24.0. The average Bonchev–Trinajstić information content (AvgIpc) is 3.69. The third-order valence-electron chi connectivity index (χ3n) is 8.11. The van der Waals surface area contributed by atoms with Gasteiger partial charge in [-0.3, -0.25) is 5.41 Å². The van der Waals surface area contributed by atoms with Crippen molar-refractivity contribution >= 4 is 39.7 Å². The minimum absolute atomic E-state index is 0.00577. The number of aliphatic carboxylic acids is 1. The second-order valence-corrected chi connectivity index (χ2v) is 10.8. The lowest BCUT2D eigenvalue weighted by Gasteiger charge is -2.10. The quantitative estimate of drug-likeness (QED) is 0.106. The van der Waals surface area contributed by atoms with Gasteiger partial charge in [-0.05, 0) is 75.7 Å². The topological polar surface area (TPSA) is 142 Å². The third-order valence-corrected chi connectivity index (χ3v) is 8.11. The predicted molar refractivity (Wildman–Crippen MR) is 172 cm³/mol. The molecule has 43 heavy (non-hydrogen) atoms. The summed E-state index contributed by atoms with van der Waals surface area (Å²) in [5, 5.41) is 27.1. The summed E-state index contributed by atoms with van der Waals surface area (Å²) in [6.45, 7) is 3.91. The number of benzene rings is 4. The van der Waals surface area contributed by atoms with Crippen LogP contribution in [0.1, 0.15) is 50.2 Å². The van der Waals surface area contributed by atoms with Crippen molar-refractivity contribution in [2.45, 2.75) is 38.5 Å². The van der Waals surface area contributed by atoms with E-state index in [0.717, 1.165) is 67.6 Å². The van der Waals surface area contributed by atoms with Gasteiger partial charge in [0.1, 0.15) is 17.4 Å². The molecule has 8 heteroatoms. The molecule has 2 heterocycles. The Bertz CT molecular complexity index is 1990. The van der Waals surface area contributed by atoms with Crippen molar-refractivity contribution in [3.05, 3.63) is 96.7 Å². The Labute approximate surface area is 248 Å². The Morgan fingerprint density at radius 3 is 2.09 bits per heavy atom. The van der Waals surface area contributed by atoms with Crippen molar-refractivity contribution in [1.29, 1.82) is 10.8 Å². The standard InChI is InChI=1S/C35H32N6O2/c1-3-20(18-36)33-39-29-14-13-26(17-30(29)40-33)25-12-8-22-7-11-24(15-27(22)16-25)21-5-9-23(10-6-21)31-19-38-34(41-31)28(4-2)32(37)35(42)43/h5-20,28,36-37H,3-4H2,1-2H3,(H,38,41)(H,39,40)(H,42,43)/t20-,28?/m0/s1. The summed E-state index contributed by atoms with van der Waals surface area (Å²) in [5.41, 5.74) is 7.64. The highest BCUT2D eigenvalue weighted by molar-refractivity contribution is 6.36. The molecule has 0 spiro atoms. The van der Waals surface area contributed by atoms with E-state index in [9.17, 15) is 9.90 Å². The molecule has 0 aliphatic heterocycles. The maximum atomic E-state index is 11.3. The van der Waals surface area contributed by atoms with Crippen molar-refractivity contribution in [1.82, 2.24) is 19.9 Å². The van der Waals surface area contributed by atoms with E-state index in [2.05, 4.69) is 82.5 Å². The molecule has 0 saturated heterocycles. The summed E-state index contributed by atoms with van der Waals surface area (Å²) >= 11 is 0. The number of hydrogen-bond acceptors (Lipinski definition) is 5. The van der Waals surface area contributed by atoms with Crippen molar-refractivity contribution in [3.63, 3.8) is 0 Å². The van der Waals surface area contributed by atoms with Crippen molar-refractivity contribution in [3.8, 4) is 33.5 Å². The van der Waals surface area contributed by atoms with Crippen LogP contribution in [-0.2, 0) is 4.79 Å². The first kappa shape index (κ1) is 27.8. The first-order valence-electron chi connectivity index (χ1n) is 14.4. The normalized spacial score (nSPS) is 12.8. The minimum Gasteiger partial charge on any atom is -0.477 e. The van der Waals surface area contributed by atoms with E-state index in [1.165, 1.54) is 6.21 Å². The van der Waals surface area contributed by atoms with Crippen LogP contribution in [-0.4, -0.2) is 42.9 Å². The molecule has 214 valence electrons. The molecule has 2 aromatic heterocycles. The van der Waals surface area contributed by atoms with Gasteiger partial charge in [0.15, 0.2) is 0 Å². The Kier molecular flexibility index (Phi) is 7.42. The van der Waals surface area contributed by atoms with E-state index in [0.29, 0.717) is 12.2 Å². The highest BCUT2D eigenvalue weighted by Gasteiger charge is 2.23. The van der Waals surface area contributed by atoms with Crippen LogP contribution in [0.25, 0.3) is 55.3 Å². The van der Waals surface area contributed by atoms with E-state index < -0.39 is 11.9 Å². The third kappa shape index (κ3) is 5.35. The van der Waals surface area contributed by atoms with Gasteiger partial charge in [0, 0.05) is 6.21 Å². The van der Waals surface area contributed by atoms with E-state index >= 15 is 0 Å². The number of carbonyl (C=O) groups is 1. The summed E-state index contributed by atoms with van der Waals surface area (Å²) < 4.78 is 0. The van der Waals surface area contributed by atoms with Crippen LogP contribution < -0.4 is 0 Å². The van der Waals surface area contributed by atoms with Gasteiger partial charge >= 0.3 is 5.97 Å². The molecule has 2 atom stereocenters. The highest BCUT2D eigenvalue weighted by Crippen LogP contribution is 2.32. The Hall–Kier alpha value is -5.37. The van der Waals surface area contributed by atoms with Gasteiger partial charge in [0.05, 0.1) is 34.8 Å². The molecular formula is C35H32N6O2. The number of fused-ring (bicyclic) bond motifs is 2. The Morgan fingerprint density at radius 2 is 1.44 bits per heavy atom. The van der Waals surface area contributed by atoms with Crippen LogP contribution in [0.2, 0.25) is 0 Å². The molecule has 8 nitrogen and oxygen atoms in total. The van der Waals surface area contributed by atoms with Gasteiger partial charge in [-0.2, -0.15) is 0 Å². The van der Waals surface area contributed by atoms with Crippen molar-refractivity contribution in [2.24, 2.45) is 0 Å². The summed E-state index contributed by atoms with van der Waals surface area (Å²) in [6.07, 6.45) is 4.44. The van der Waals surface area contributed by atoms with Crippen molar-refractivity contribution < 1.29 is 9.90 Å². The molecule has 6 rings (SSSR count). The average molecular weight is 569 g/mol. The molecule has 0 amide bonds. The molecule has 0 saturated carbocycles. The fourth-order valence-corrected chi connectivity index (χ4v) is 5.57. The zero-order chi connectivity index (χ0) is 30.1. The number of aromatic nitrogens is 4. The number of carboxylic acids is 1. The molecule has 4 aromatic carbocycles. The van der Waals surface area contributed by atoms with Gasteiger partial charge in [-0.15, -0.1) is 0 Å². The van der Waals surface area contributed by atoms with Crippen LogP contribution in [0, 0.1) is 10.8 Å². The fraction of sp³-hybridized carbons (Fsp3) is 0.171.